The molecule has 0 aliphatic carbocycles. The Morgan fingerprint density at radius 3 is 2.62 bits per heavy atom. The Bertz CT molecular complexity index is 721. The van der Waals surface area contributed by atoms with Crippen molar-refractivity contribution >= 4 is 21.7 Å². The minimum Gasteiger partial charge on any atom is -0.478 e. The molecule has 0 fully saturated rings. The van der Waals surface area contributed by atoms with Gasteiger partial charge in [0.2, 0.25) is 5.91 Å². The number of hydrogen-bond donors (Lipinski definition) is 2. The number of carboxylic acids is 1. The zero-order valence-electron chi connectivity index (χ0n) is 11.0. The van der Waals surface area contributed by atoms with Gasteiger partial charge in [-0.3, -0.25) is 4.79 Å². The van der Waals surface area contributed by atoms with Crippen LogP contribution in [0.5, 0.6) is 0 Å². The molecular formula is C13H12FNO5S. The number of benzene rings is 1. The first-order valence-electron chi connectivity index (χ1n) is 5.69. The molecule has 8 heteroatoms. The summed E-state index contributed by atoms with van der Waals surface area (Å²) in [5.41, 5.74) is -0.397. The summed E-state index contributed by atoms with van der Waals surface area (Å²) < 4.78 is 38.0. The topological polar surface area (TPSA) is 101 Å². The molecular weight excluding hydrogens is 301 g/mol. The number of carbonyl (C=O) groups excluding carboxylic acids is 1. The Balaban J connectivity index is 3.25. The van der Waals surface area contributed by atoms with Gasteiger partial charge < -0.3 is 10.4 Å². The predicted molar refractivity (Wildman–Crippen MR) is 71.8 cm³/mol. The van der Waals surface area contributed by atoms with Gasteiger partial charge in [-0.15, -0.1) is 6.42 Å². The predicted octanol–water partition coefficient (Wildman–Crippen LogP) is 0.435. The summed E-state index contributed by atoms with van der Waals surface area (Å²) in [4.78, 5) is 21.6. The molecule has 0 aromatic heterocycles. The zero-order chi connectivity index (χ0) is 16.2. The number of amides is 1. The van der Waals surface area contributed by atoms with Crippen molar-refractivity contribution in [3.63, 3.8) is 0 Å². The molecule has 112 valence electrons. The molecule has 0 spiro atoms. The fraction of sp³-hybridized carbons (Fsp3) is 0.231. The maximum absolute atomic E-state index is 13.7. The third-order valence-electron chi connectivity index (χ3n) is 2.68. The SMILES string of the molecule is C#CCNC(=O)C(C)S(=O)(=O)c1cc(C(=O)O)ccc1F. The molecule has 1 unspecified atom stereocenters. The van der Waals surface area contributed by atoms with Crippen molar-refractivity contribution in [1.82, 2.24) is 5.32 Å². The van der Waals surface area contributed by atoms with Crippen molar-refractivity contribution in [1.29, 1.82) is 0 Å². The molecule has 21 heavy (non-hydrogen) atoms. The Kier molecular flexibility index (Phi) is 5.05. The number of carboxylic acid groups (broad SMARTS) is 1. The smallest absolute Gasteiger partial charge is 0.335 e. The number of hydrogen-bond acceptors (Lipinski definition) is 4. The second-order valence-electron chi connectivity index (χ2n) is 4.06. The number of halogens is 1. The van der Waals surface area contributed by atoms with E-state index in [0.717, 1.165) is 19.1 Å². The van der Waals surface area contributed by atoms with Crippen molar-refractivity contribution in [2.45, 2.75) is 17.1 Å². The summed E-state index contributed by atoms with van der Waals surface area (Å²) in [6, 6.07) is 2.33. The van der Waals surface area contributed by atoms with E-state index >= 15 is 0 Å². The quantitative estimate of drug-likeness (QED) is 0.768. The van der Waals surface area contributed by atoms with Crippen LogP contribution in [0.15, 0.2) is 23.1 Å². The van der Waals surface area contributed by atoms with Crippen LogP contribution in [0, 0.1) is 18.2 Å². The molecule has 0 saturated heterocycles. The van der Waals surface area contributed by atoms with Crippen LogP contribution in [-0.2, 0) is 14.6 Å². The van der Waals surface area contributed by atoms with E-state index in [1.165, 1.54) is 0 Å². The molecule has 0 bridgehead atoms. The summed E-state index contributed by atoms with van der Waals surface area (Å²) in [6.45, 7) is 0.893. The Labute approximate surface area is 120 Å². The third kappa shape index (κ3) is 3.58. The lowest BCUT2D eigenvalue weighted by molar-refractivity contribution is -0.120. The molecule has 0 aliphatic heterocycles. The van der Waals surface area contributed by atoms with Gasteiger partial charge in [0.15, 0.2) is 9.84 Å². The van der Waals surface area contributed by atoms with Crippen LogP contribution in [0.25, 0.3) is 0 Å². The van der Waals surface area contributed by atoms with Gasteiger partial charge in [0.1, 0.15) is 16.0 Å². The highest BCUT2D eigenvalue weighted by atomic mass is 32.2. The first-order chi connectivity index (χ1) is 9.71. The van der Waals surface area contributed by atoms with Crippen molar-refractivity contribution in [2.24, 2.45) is 0 Å². The molecule has 1 amide bonds. The highest BCUT2D eigenvalue weighted by molar-refractivity contribution is 7.92. The van der Waals surface area contributed by atoms with E-state index in [0.29, 0.717) is 6.07 Å². The standard InChI is InChI=1S/C13H12FNO5S/c1-3-6-15-12(16)8(2)21(19,20)11-7-9(13(17)18)4-5-10(11)14/h1,4-5,7-8H,6H2,2H3,(H,15,16)(H,17,18). The Morgan fingerprint density at radius 1 is 1.48 bits per heavy atom. The number of terminal acetylenes is 1. The van der Waals surface area contributed by atoms with Crippen LogP contribution in [0.2, 0.25) is 0 Å². The maximum Gasteiger partial charge on any atom is 0.335 e. The van der Waals surface area contributed by atoms with E-state index in [1.54, 1.807) is 0 Å². The maximum atomic E-state index is 13.7. The molecule has 1 aromatic rings. The lowest BCUT2D eigenvalue weighted by atomic mass is 10.2. The summed E-state index contributed by atoms with van der Waals surface area (Å²) in [5, 5.41) is 9.38. The summed E-state index contributed by atoms with van der Waals surface area (Å²) in [7, 11) is -4.37. The highest BCUT2D eigenvalue weighted by Crippen LogP contribution is 2.21. The minimum absolute atomic E-state index is 0.170. The van der Waals surface area contributed by atoms with Gasteiger partial charge in [0, 0.05) is 0 Å². The molecule has 1 rings (SSSR count). The number of sulfone groups is 1. The fourth-order valence-corrected chi connectivity index (χ4v) is 2.84. The van der Waals surface area contributed by atoms with E-state index in [9.17, 15) is 22.4 Å². The van der Waals surface area contributed by atoms with Crippen LogP contribution in [0.1, 0.15) is 17.3 Å². The molecule has 0 aliphatic rings. The molecule has 2 N–H and O–H groups in total. The van der Waals surface area contributed by atoms with Crippen LogP contribution in [0.3, 0.4) is 0 Å². The zero-order valence-corrected chi connectivity index (χ0v) is 11.8. The van der Waals surface area contributed by atoms with E-state index in [2.05, 4.69) is 11.2 Å². The third-order valence-corrected chi connectivity index (χ3v) is 4.75. The second kappa shape index (κ2) is 6.37. The van der Waals surface area contributed by atoms with E-state index in [1.807, 2.05) is 0 Å². The highest BCUT2D eigenvalue weighted by Gasteiger charge is 2.32. The average molecular weight is 313 g/mol. The monoisotopic (exact) mass is 313 g/mol. The van der Waals surface area contributed by atoms with Gasteiger partial charge in [-0.05, 0) is 25.1 Å². The normalized spacial score (nSPS) is 12.2. The van der Waals surface area contributed by atoms with Gasteiger partial charge in [0.05, 0.1) is 12.1 Å². The van der Waals surface area contributed by atoms with Crippen molar-refractivity contribution in [3.05, 3.63) is 29.6 Å². The van der Waals surface area contributed by atoms with Gasteiger partial charge in [0.25, 0.3) is 0 Å². The molecule has 6 nitrogen and oxygen atoms in total. The van der Waals surface area contributed by atoms with E-state index < -0.39 is 43.2 Å². The lowest BCUT2D eigenvalue weighted by Crippen LogP contribution is -2.38. The molecule has 1 atom stereocenters. The molecule has 0 radical (unpaired) electrons. The van der Waals surface area contributed by atoms with Gasteiger partial charge >= 0.3 is 5.97 Å². The molecule has 1 aromatic carbocycles. The van der Waals surface area contributed by atoms with Crippen LogP contribution in [-0.4, -0.2) is 37.2 Å². The average Bonchev–Trinajstić information content (AvgIpc) is 2.43. The minimum atomic E-state index is -4.37. The first-order valence-corrected chi connectivity index (χ1v) is 7.24. The largest absolute Gasteiger partial charge is 0.478 e. The summed E-state index contributed by atoms with van der Waals surface area (Å²) in [5.74, 6) is -1.33. The summed E-state index contributed by atoms with van der Waals surface area (Å²) in [6.07, 6.45) is 4.93. The van der Waals surface area contributed by atoms with E-state index in [-0.39, 0.29) is 6.54 Å². The Hall–Kier alpha value is -2.40. The van der Waals surface area contributed by atoms with Gasteiger partial charge in [-0.1, -0.05) is 5.92 Å². The van der Waals surface area contributed by atoms with Gasteiger partial charge in [-0.25, -0.2) is 17.6 Å². The Morgan fingerprint density at radius 2 is 2.10 bits per heavy atom. The molecule has 0 heterocycles. The number of carbonyl (C=O) groups is 2. The summed E-state index contributed by atoms with van der Waals surface area (Å²) >= 11 is 0. The number of nitrogens with one attached hydrogen (secondary N) is 1. The number of aromatic carboxylic acids is 1. The van der Waals surface area contributed by atoms with E-state index in [4.69, 9.17) is 11.5 Å². The fourth-order valence-electron chi connectivity index (χ4n) is 1.47. The van der Waals surface area contributed by atoms with Crippen molar-refractivity contribution in [3.8, 4) is 12.3 Å². The van der Waals surface area contributed by atoms with Crippen molar-refractivity contribution in [2.75, 3.05) is 6.54 Å². The lowest BCUT2D eigenvalue weighted by Gasteiger charge is -2.13. The first kappa shape index (κ1) is 16.7. The molecule has 0 saturated carbocycles. The number of rotatable bonds is 5. The van der Waals surface area contributed by atoms with Gasteiger partial charge in [-0.2, -0.15) is 0 Å². The second-order valence-corrected chi connectivity index (χ2v) is 6.30. The van der Waals surface area contributed by atoms with Crippen LogP contribution < -0.4 is 5.32 Å². The van der Waals surface area contributed by atoms with Crippen LogP contribution >= 0.6 is 0 Å². The van der Waals surface area contributed by atoms with Crippen LogP contribution in [0.4, 0.5) is 4.39 Å². The van der Waals surface area contributed by atoms with Crippen molar-refractivity contribution < 1.29 is 27.5 Å².